The van der Waals surface area contributed by atoms with E-state index in [1.165, 1.54) is 25.3 Å². The van der Waals surface area contributed by atoms with Crippen LogP contribution in [0.15, 0.2) is 18.2 Å². The molecule has 24 heavy (non-hydrogen) atoms. The summed E-state index contributed by atoms with van der Waals surface area (Å²) in [6, 6.07) is 4.03. The van der Waals surface area contributed by atoms with E-state index in [0.29, 0.717) is 0 Å². The average molecular weight is 372 g/mol. The molecule has 0 aliphatic rings. The number of thiol groups is 2. The van der Waals surface area contributed by atoms with Crippen LogP contribution in [0, 0.1) is 0 Å². The van der Waals surface area contributed by atoms with Crippen LogP contribution >= 0.6 is 25.3 Å². The standard InChI is InChI=1S/C16H20O6S2/c1-9(23)4-14(17)21-12-6-11(16(19)20-3)7-13(8-12)22-15(18)5-10(2)24/h6-10,23-24H,4-5H2,1-3H3. The molecule has 2 atom stereocenters. The van der Waals surface area contributed by atoms with Gasteiger partial charge in [0, 0.05) is 16.6 Å². The first-order valence-electron chi connectivity index (χ1n) is 7.22. The van der Waals surface area contributed by atoms with Gasteiger partial charge in [0.15, 0.2) is 0 Å². The van der Waals surface area contributed by atoms with Gasteiger partial charge < -0.3 is 14.2 Å². The summed E-state index contributed by atoms with van der Waals surface area (Å²) >= 11 is 8.24. The van der Waals surface area contributed by atoms with E-state index in [9.17, 15) is 14.4 Å². The van der Waals surface area contributed by atoms with Crippen LogP contribution < -0.4 is 9.47 Å². The molecule has 6 nitrogen and oxygen atoms in total. The number of carbonyl (C=O) groups excluding carboxylic acids is 3. The number of ether oxygens (including phenoxy) is 3. The highest BCUT2D eigenvalue weighted by Crippen LogP contribution is 2.25. The van der Waals surface area contributed by atoms with Crippen molar-refractivity contribution in [1.82, 2.24) is 0 Å². The Labute approximate surface area is 151 Å². The smallest absolute Gasteiger partial charge is 0.338 e. The number of benzene rings is 1. The van der Waals surface area contributed by atoms with Crippen molar-refractivity contribution in [3.05, 3.63) is 23.8 Å². The summed E-state index contributed by atoms with van der Waals surface area (Å²) in [6.07, 6.45) is 0.190. The first-order valence-corrected chi connectivity index (χ1v) is 8.25. The van der Waals surface area contributed by atoms with Crippen LogP contribution in [-0.2, 0) is 14.3 Å². The molecule has 0 fully saturated rings. The lowest BCUT2D eigenvalue weighted by molar-refractivity contribution is -0.134. The third-order valence-electron chi connectivity index (χ3n) is 2.69. The minimum Gasteiger partial charge on any atom is -0.465 e. The molecule has 132 valence electrons. The fraction of sp³-hybridized carbons (Fsp3) is 0.438. The molecule has 1 aromatic carbocycles. The highest BCUT2D eigenvalue weighted by molar-refractivity contribution is 7.81. The number of hydrogen-bond donors (Lipinski definition) is 2. The lowest BCUT2D eigenvalue weighted by Gasteiger charge is -2.11. The van der Waals surface area contributed by atoms with Gasteiger partial charge in [-0.2, -0.15) is 25.3 Å². The van der Waals surface area contributed by atoms with Gasteiger partial charge in [0.05, 0.1) is 25.5 Å². The third-order valence-corrected chi connectivity index (χ3v) is 3.05. The SMILES string of the molecule is COC(=O)c1cc(OC(=O)CC(C)S)cc(OC(=O)CC(C)S)c1. The zero-order chi connectivity index (χ0) is 18.3. The molecule has 0 heterocycles. The van der Waals surface area contributed by atoms with Gasteiger partial charge in [-0.1, -0.05) is 13.8 Å². The van der Waals surface area contributed by atoms with Crippen LogP contribution in [0.1, 0.15) is 37.0 Å². The topological polar surface area (TPSA) is 78.9 Å². The summed E-state index contributed by atoms with van der Waals surface area (Å²) in [6.45, 7) is 3.50. The van der Waals surface area contributed by atoms with E-state index >= 15 is 0 Å². The molecule has 2 unspecified atom stereocenters. The molecule has 0 saturated heterocycles. The fourth-order valence-electron chi connectivity index (χ4n) is 1.75. The van der Waals surface area contributed by atoms with Gasteiger partial charge >= 0.3 is 17.9 Å². The van der Waals surface area contributed by atoms with Crippen LogP contribution in [0.3, 0.4) is 0 Å². The Hall–Kier alpha value is -1.67. The molecule has 0 bridgehead atoms. The minimum atomic E-state index is -0.643. The van der Waals surface area contributed by atoms with Crippen molar-refractivity contribution in [2.45, 2.75) is 37.2 Å². The van der Waals surface area contributed by atoms with Crippen molar-refractivity contribution in [2.24, 2.45) is 0 Å². The molecule has 0 radical (unpaired) electrons. The molecule has 0 saturated carbocycles. The normalized spacial score (nSPS) is 12.9. The molecule has 0 amide bonds. The molecule has 8 heteroatoms. The van der Waals surface area contributed by atoms with E-state index in [1.807, 2.05) is 0 Å². The van der Waals surface area contributed by atoms with Gasteiger partial charge in [0.2, 0.25) is 0 Å². The Balaban J connectivity index is 3.01. The number of esters is 3. The predicted octanol–water partition coefficient (Wildman–Crippen LogP) is 2.70. The fourth-order valence-corrected chi connectivity index (χ4v) is 2.05. The first-order chi connectivity index (χ1) is 11.2. The van der Waals surface area contributed by atoms with Crippen LogP contribution in [0.25, 0.3) is 0 Å². The highest BCUT2D eigenvalue weighted by atomic mass is 32.1. The maximum Gasteiger partial charge on any atom is 0.338 e. The largest absolute Gasteiger partial charge is 0.465 e. The van der Waals surface area contributed by atoms with E-state index in [4.69, 9.17) is 9.47 Å². The van der Waals surface area contributed by atoms with Gasteiger partial charge in [-0.15, -0.1) is 0 Å². The quantitative estimate of drug-likeness (QED) is 0.435. The number of carbonyl (C=O) groups is 3. The van der Waals surface area contributed by atoms with Crippen LogP contribution in [0.4, 0.5) is 0 Å². The monoisotopic (exact) mass is 372 g/mol. The second kappa shape index (κ2) is 9.58. The maximum atomic E-state index is 11.7. The molecule has 1 aromatic rings. The zero-order valence-electron chi connectivity index (χ0n) is 13.6. The first kappa shape index (κ1) is 20.4. The van der Waals surface area contributed by atoms with Crippen LogP contribution in [0.5, 0.6) is 11.5 Å². The average Bonchev–Trinajstić information content (AvgIpc) is 2.43. The molecule has 0 aromatic heterocycles. The summed E-state index contributed by atoms with van der Waals surface area (Å²) in [5.74, 6) is -1.51. The number of methoxy groups -OCH3 is 1. The van der Waals surface area contributed by atoms with Crippen molar-refractivity contribution in [3.8, 4) is 11.5 Å². The van der Waals surface area contributed by atoms with Gasteiger partial charge in [0.1, 0.15) is 11.5 Å². The van der Waals surface area contributed by atoms with E-state index in [0.717, 1.165) is 0 Å². The van der Waals surface area contributed by atoms with Crippen molar-refractivity contribution >= 4 is 43.2 Å². The minimum absolute atomic E-state index is 0.0820. The Bertz CT molecular complexity index is 570. The number of hydrogen-bond acceptors (Lipinski definition) is 8. The Morgan fingerprint density at radius 2 is 1.33 bits per heavy atom. The molecule has 0 aliphatic heterocycles. The summed E-state index contributed by atoms with van der Waals surface area (Å²) in [5.41, 5.74) is 0.100. The van der Waals surface area contributed by atoms with Gasteiger partial charge in [0.25, 0.3) is 0 Å². The Morgan fingerprint density at radius 1 is 0.917 bits per heavy atom. The predicted molar refractivity (Wildman–Crippen MR) is 95.2 cm³/mol. The van der Waals surface area contributed by atoms with Gasteiger partial charge in [-0.05, 0) is 12.1 Å². The summed E-state index contributed by atoms with van der Waals surface area (Å²) in [5, 5.41) is -0.342. The second-order valence-corrected chi connectivity index (χ2v) is 7.00. The Kier molecular flexibility index (Phi) is 8.14. The lowest BCUT2D eigenvalue weighted by atomic mass is 10.2. The van der Waals surface area contributed by atoms with Crippen molar-refractivity contribution in [1.29, 1.82) is 0 Å². The van der Waals surface area contributed by atoms with Crippen LogP contribution in [-0.4, -0.2) is 35.5 Å². The van der Waals surface area contributed by atoms with E-state index in [-0.39, 0.29) is 40.4 Å². The molecular formula is C16H20O6S2. The summed E-state index contributed by atoms with van der Waals surface area (Å²) < 4.78 is 15.0. The lowest BCUT2D eigenvalue weighted by Crippen LogP contribution is -2.14. The maximum absolute atomic E-state index is 11.7. The van der Waals surface area contributed by atoms with Crippen molar-refractivity contribution in [2.75, 3.05) is 7.11 Å². The summed E-state index contributed by atoms with van der Waals surface area (Å²) in [4.78, 5) is 35.2. The molecule has 1 rings (SSSR count). The van der Waals surface area contributed by atoms with Gasteiger partial charge in [-0.25, -0.2) is 4.79 Å². The molecule has 0 aliphatic carbocycles. The molecule has 0 N–H and O–H groups in total. The zero-order valence-corrected chi connectivity index (χ0v) is 15.4. The van der Waals surface area contributed by atoms with E-state index < -0.39 is 17.9 Å². The Morgan fingerprint density at radius 3 is 1.67 bits per heavy atom. The highest BCUT2D eigenvalue weighted by Gasteiger charge is 2.16. The van der Waals surface area contributed by atoms with Crippen molar-refractivity contribution in [3.63, 3.8) is 0 Å². The summed E-state index contributed by atoms with van der Waals surface area (Å²) in [7, 11) is 1.22. The van der Waals surface area contributed by atoms with E-state index in [2.05, 4.69) is 30.0 Å². The van der Waals surface area contributed by atoms with E-state index in [1.54, 1.807) is 13.8 Å². The van der Waals surface area contributed by atoms with Crippen molar-refractivity contribution < 1.29 is 28.6 Å². The number of rotatable bonds is 7. The van der Waals surface area contributed by atoms with Gasteiger partial charge in [-0.3, -0.25) is 9.59 Å². The third kappa shape index (κ3) is 7.27. The van der Waals surface area contributed by atoms with Crippen LogP contribution in [0.2, 0.25) is 0 Å². The molecule has 0 spiro atoms. The molecular weight excluding hydrogens is 352 g/mol. The second-order valence-electron chi connectivity index (χ2n) is 5.24.